The molecular weight excluding hydrogens is 344 g/mol. The zero-order chi connectivity index (χ0) is 18.4. The fourth-order valence-electron chi connectivity index (χ4n) is 3.36. The molecule has 0 aliphatic heterocycles. The first-order chi connectivity index (χ1) is 12.5. The number of thiophene rings is 1. The molecule has 2 N–H and O–H groups in total. The molecule has 0 aliphatic rings. The maximum Gasteiger partial charge on any atom is 0.266 e. The van der Waals surface area contributed by atoms with Gasteiger partial charge in [0.15, 0.2) is 0 Å². The molecule has 0 amide bonds. The van der Waals surface area contributed by atoms with Gasteiger partial charge in [-0.15, -0.1) is 11.3 Å². The Bertz CT molecular complexity index is 1160. The van der Waals surface area contributed by atoms with Gasteiger partial charge in [-0.2, -0.15) is 0 Å². The SMILES string of the molecule is C[C@H](c1ccc(-c2c(O)ccc3[nH]c(=O)c4sccc4c23)cc1)N(C)C. The van der Waals surface area contributed by atoms with Gasteiger partial charge in [-0.25, -0.2) is 0 Å². The highest BCUT2D eigenvalue weighted by molar-refractivity contribution is 7.17. The molecular formula is C21H20N2O2S. The molecule has 4 aromatic rings. The lowest BCUT2D eigenvalue weighted by molar-refractivity contribution is 0.321. The summed E-state index contributed by atoms with van der Waals surface area (Å²) in [5.41, 5.74) is 3.55. The first kappa shape index (κ1) is 16.8. The van der Waals surface area contributed by atoms with E-state index in [1.807, 2.05) is 23.6 Å². The minimum atomic E-state index is -0.0886. The summed E-state index contributed by atoms with van der Waals surface area (Å²) >= 11 is 1.42. The number of hydrogen-bond acceptors (Lipinski definition) is 4. The summed E-state index contributed by atoms with van der Waals surface area (Å²) in [6, 6.07) is 13.9. The van der Waals surface area contributed by atoms with E-state index in [2.05, 4.69) is 43.0 Å². The molecule has 2 heterocycles. The van der Waals surface area contributed by atoms with Crippen LogP contribution in [0.25, 0.3) is 32.1 Å². The van der Waals surface area contributed by atoms with E-state index in [1.54, 1.807) is 12.1 Å². The third kappa shape index (κ3) is 2.60. The van der Waals surface area contributed by atoms with Gasteiger partial charge in [-0.1, -0.05) is 24.3 Å². The van der Waals surface area contributed by atoms with Crippen molar-refractivity contribution in [3.05, 3.63) is 63.8 Å². The topological polar surface area (TPSA) is 56.3 Å². The van der Waals surface area contributed by atoms with Gasteiger partial charge in [0.1, 0.15) is 10.4 Å². The van der Waals surface area contributed by atoms with Crippen molar-refractivity contribution in [2.75, 3.05) is 14.1 Å². The highest BCUT2D eigenvalue weighted by Crippen LogP contribution is 2.39. The zero-order valence-electron chi connectivity index (χ0n) is 14.9. The highest BCUT2D eigenvalue weighted by atomic mass is 32.1. The fourth-order valence-corrected chi connectivity index (χ4v) is 4.15. The Kier molecular flexibility index (Phi) is 4.05. The third-order valence-corrected chi connectivity index (χ3v) is 5.94. The van der Waals surface area contributed by atoms with Crippen LogP contribution in [-0.4, -0.2) is 29.1 Å². The van der Waals surface area contributed by atoms with E-state index in [4.69, 9.17) is 0 Å². The van der Waals surface area contributed by atoms with Gasteiger partial charge in [0.05, 0.1) is 0 Å². The minimum Gasteiger partial charge on any atom is -0.507 e. The molecule has 4 nitrogen and oxygen atoms in total. The average Bonchev–Trinajstić information content (AvgIpc) is 3.12. The normalized spacial score (nSPS) is 12.9. The molecule has 0 saturated carbocycles. The summed E-state index contributed by atoms with van der Waals surface area (Å²) in [5.74, 6) is 0.213. The van der Waals surface area contributed by atoms with E-state index in [1.165, 1.54) is 16.9 Å². The molecule has 0 fully saturated rings. The van der Waals surface area contributed by atoms with Crippen molar-refractivity contribution in [2.24, 2.45) is 0 Å². The molecule has 0 unspecified atom stereocenters. The Hall–Kier alpha value is -2.63. The van der Waals surface area contributed by atoms with Crippen molar-refractivity contribution < 1.29 is 5.11 Å². The van der Waals surface area contributed by atoms with E-state index >= 15 is 0 Å². The molecule has 1 atom stereocenters. The number of aromatic nitrogens is 1. The number of nitrogens with one attached hydrogen (secondary N) is 1. The molecule has 0 aliphatic carbocycles. The number of phenolic OH excluding ortho intramolecular Hbond substituents is 1. The molecule has 2 aromatic heterocycles. The Labute approximate surface area is 155 Å². The molecule has 0 radical (unpaired) electrons. The van der Waals surface area contributed by atoms with Gasteiger partial charge in [0, 0.05) is 27.9 Å². The number of fused-ring (bicyclic) bond motifs is 3. The van der Waals surface area contributed by atoms with Crippen LogP contribution in [0.15, 0.2) is 52.6 Å². The number of pyridine rings is 1. The number of rotatable bonds is 3. The Morgan fingerprint density at radius 1 is 1.08 bits per heavy atom. The number of benzene rings is 2. The van der Waals surface area contributed by atoms with Crippen LogP contribution in [-0.2, 0) is 0 Å². The van der Waals surface area contributed by atoms with Crippen molar-refractivity contribution in [1.82, 2.24) is 9.88 Å². The first-order valence-corrected chi connectivity index (χ1v) is 9.37. The van der Waals surface area contributed by atoms with Crippen LogP contribution in [0.1, 0.15) is 18.5 Å². The summed E-state index contributed by atoms with van der Waals surface area (Å²) in [4.78, 5) is 17.4. The number of H-pyrrole nitrogens is 1. The van der Waals surface area contributed by atoms with Crippen LogP contribution >= 0.6 is 11.3 Å². The van der Waals surface area contributed by atoms with Crippen molar-refractivity contribution in [3.63, 3.8) is 0 Å². The van der Waals surface area contributed by atoms with Crippen molar-refractivity contribution >= 4 is 32.3 Å². The molecule has 2 aromatic carbocycles. The number of hydrogen-bond donors (Lipinski definition) is 2. The highest BCUT2D eigenvalue weighted by Gasteiger charge is 2.16. The van der Waals surface area contributed by atoms with Crippen LogP contribution in [0.2, 0.25) is 0 Å². The van der Waals surface area contributed by atoms with Crippen molar-refractivity contribution in [1.29, 1.82) is 0 Å². The number of aromatic amines is 1. The molecule has 132 valence electrons. The third-order valence-electron chi connectivity index (χ3n) is 5.03. The van der Waals surface area contributed by atoms with Crippen LogP contribution < -0.4 is 5.56 Å². The van der Waals surface area contributed by atoms with Crippen LogP contribution in [0.3, 0.4) is 0 Å². The summed E-state index contributed by atoms with van der Waals surface area (Å²) in [6.45, 7) is 2.16. The number of phenols is 1. The van der Waals surface area contributed by atoms with E-state index in [0.717, 1.165) is 27.4 Å². The van der Waals surface area contributed by atoms with E-state index in [0.29, 0.717) is 10.7 Å². The Morgan fingerprint density at radius 3 is 2.50 bits per heavy atom. The van der Waals surface area contributed by atoms with E-state index in [9.17, 15) is 9.90 Å². The summed E-state index contributed by atoms with van der Waals surface area (Å²) in [5, 5.41) is 14.3. The van der Waals surface area contributed by atoms with Crippen LogP contribution in [0.5, 0.6) is 5.75 Å². The van der Waals surface area contributed by atoms with Gasteiger partial charge in [-0.05, 0) is 55.7 Å². The van der Waals surface area contributed by atoms with Gasteiger partial charge < -0.3 is 15.0 Å². The van der Waals surface area contributed by atoms with Gasteiger partial charge >= 0.3 is 0 Å². The molecule has 0 bridgehead atoms. The standard InChI is InChI=1S/C21H20N2O2S/c1-12(23(2)3)13-4-6-14(7-5-13)18-17(24)9-8-16-19(18)15-10-11-26-20(15)21(25)22-16/h4-12,24H,1-3H3,(H,22,25)/t12-/m1/s1. The van der Waals surface area contributed by atoms with E-state index < -0.39 is 0 Å². The first-order valence-electron chi connectivity index (χ1n) is 8.49. The van der Waals surface area contributed by atoms with E-state index in [-0.39, 0.29) is 11.3 Å². The second-order valence-electron chi connectivity index (χ2n) is 6.76. The number of nitrogens with zero attached hydrogens (tertiary/aromatic N) is 1. The second-order valence-corrected chi connectivity index (χ2v) is 7.68. The summed E-state index contributed by atoms with van der Waals surface area (Å²) < 4.78 is 0.683. The lowest BCUT2D eigenvalue weighted by Gasteiger charge is -2.20. The Balaban J connectivity index is 1.98. The molecule has 0 saturated heterocycles. The zero-order valence-corrected chi connectivity index (χ0v) is 15.7. The fraction of sp³-hybridized carbons (Fsp3) is 0.190. The lowest BCUT2D eigenvalue weighted by atomic mass is 9.95. The smallest absolute Gasteiger partial charge is 0.266 e. The minimum absolute atomic E-state index is 0.0886. The Morgan fingerprint density at radius 2 is 1.81 bits per heavy atom. The predicted molar refractivity (Wildman–Crippen MR) is 109 cm³/mol. The quantitative estimate of drug-likeness (QED) is 0.552. The van der Waals surface area contributed by atoms with Crippen LogP contribution in [0.4, 0.5) is 0 Å². The number of aromatic hydroxyl groups is 1. The van der Waals surface area contributed by atoms with Gasteiger partial charge in [0.25, 0.3) is 5.56 Å². The van der Waals surface area contributed by atoms with Gasteiger partial charge in [-0.3, -0.25) is 4.79 Å². The molecule has 0 spiro atoms. The van der Waals surface area contributed by atoms with Gasteiger partial charge in [0.2, 0.25) is 0 Å². The molecule has 5 heteroatoms. The van der Waals surface area contributed by atoms with Crippen molar-refractivity contribution in [3.8, 4) is 16.9 Å². The second kappa shape index (κ2) is 6.27. The van der Waals surface area contributed by atoms with Crippen molar-refractivity contribution in [2.45, 2.75) is 13.0 Å². The monoisotopic (exact) mass is 364 g/mol. The molecule has 26 heavy (non-hydrogen) atoms. The maximum atomic E-state index is 12.3. The lowest BCUT2D eigenvalue weighted by Crippen LogP contribution is -2.16. The largest absolute Gasteiger partial charge is 0.507 e. The van der Waals surface area contributed by atoms with Crippen LogP contribution in [0, 0.1) is 0 Å². The summed E-state index contributed by atoms with van der Waals surface area (Å²) in [7, 11) is 4.11. The average molecular weight is 364 g/mol. The molecule has 4 rings (SSSR count). The predicted octanol–water partition coefficient (Wildman–Crippen LogP) is 4.74. The maximum absolute atomic E-state index is 12.3. The summed E-state index contributed by atoms with van der Waals surface area (Å²) in [6.07, 6.45) is 0.